The molecule has 176 valence electrons. The summed E-state index contributed by atoms with van der Waals surface area (Å²) in [5.41, 5.74) is 2.39. The number of aliphatic hydroxyl groups excluding tert-OH is 1. The van der Waals surface area contributed by atoms with Crippen LogP contribution in [-0.4, -0.2) is 31.6 Å². The van der Waals surface area contributed by atoms with Crippen molar-refractivity contribution in [3.63, 3.8) is 0 Å². The highest BCUT2D eigenvalue weighted by atomic mass is 35.5. The Kier molecular flexibility index (Phi) is 6.95. The molecule has 3 aromatic carbocycles. The number of H-pyrrole nitrogens is 1. The molecule has 4 aromatic rings. The van der Waals surface area contributed by atoms with Gasteiger partial charge in [-0.1, -0.05) is 54.1 Å². The van der Waals surface area contributed by atoms with E-state index in [4.69, 9.17) is 11.6 Å². The van der Waals surface area contributed by atoms with Crippen LogP contribution in [0.25, 0.3) is 11.0 Å². The number of nitro groups is 1. The highest BCUT2D eigenvalue weighted by Gasteiger charge is 2.24. The summed E-state index contributed by atoms with van der Waals surface area (Å²) >= 11 is 5.98. The molecule has 1 heterocycles. The third-order valence-electron chi connectivity index (χ3n) is 5.06. The number of hydrogen-bond acceptors (Lipinski definition) is 7. The highest BCUT2D eigenvalue weighted by molar-refractivity contribution is 6.31. The molecular weight excluding hydrogens is 474 g/mol. The molecule has 4 rings (SSSR count). The Balaban J connectivity index is 1.76. The van der Waals surface area contributed by atoms with Crippen LogP contribution in [0.5, 0.6) is 0 Å². The molecule has 3 N–H and O–H groups in total. The summed E-state index contributed by atoms with van der Waals surface area (Å²) in [4.78, 5) is 42.8. The Bertz CT molecular complexity index is 1500. The predicted octanol–water partition coefficient (Wildman–Crippen LogP) is 3.28. The van der Waals surface area contributed by atoms with Crippen LogP contribution in [0.15, 0.2) is 82.7 Å². The van der Waals surface area contributed by atoms with Gasteiger partial charge in [0.15, 0.2) is 5.69 Å². The van der Waals surface area contributed by atoms with Gasteiger partial charge in [-0.2, -0.15) is 5.10 Å². The van der Waals surface area contributed by atoms with Crippen LogP contribution in [-0.2, 0) is 11.2 Å². The Morgan fingerprint density at radius 1 is 1.14 bits per heavy atom. The Labute approximate surface area is 203 Å². The van der Waals surface area contributed by atoms with Crippen molar-refractivity contribution >= 4 is 39.9 Å². The quantitative estimate of drug-likeness (QED) is 0.205. The van der Waals surface area contributed by atoms with Gasteiger partial charge in [-0.3, -0.25) is 19.7 Å². The summed E-state index contributed by atoms with van der Waals surface area (Å²) < 4.78 is 0. The van der Waals surface area contributed by atoms with Gasteiger partial charge in [-0.15, -0.1) is 0 Å². The van der Waals surface area contributed by atoms with Gasteiger partial charge in [0.25, 0.3) is 11.2 Å². The molecular formula is C24H18ClN5O5. The lowest BCUT2D eigenvalue weighted by Gasteiger charge is -2.14. The summed E-state index contributed by atoms with van der Waals surface area (Å²) in [5.74, 6) is -0.496. The van der Waals surface area contributed by atoms with Gasteiger partial charge >= 0.3 is 0 Å². The van der Waals surface area contributed by atoms with Gasteiger partial charge in [0.05, 0.1) is 22.4 Å². The van der Waals surface area contributed by atoms with Crippen LogP contribution in [0.3, 0.4) is 0 Å². The number of halogens is 1. The van der Waals surface area contributed by atoms with Gasteiger partial charge in [0.2, 0.25) is 5.91 Å². The lowest BCUT2D eigenvalue weighted by atomic mass is 10.0. The van der Waals surface area contributed by atoms with E-state index in [1.165, 1.54) is 24.3 Å². The predicted molar refractivity (Wildman–Crippen MR) is 130 cm³/mol. The molecule has 1 amide bonds. The maximum atomic E-state index is 12.9. The lowest BCUT2D eigenvalue weighted by molar-refractivity contribution is -0.385. The maximum Gasteiger partial charge on any atom is 0.276 e. The molecule has 0 spiro atoms. The van der Waals surface area contributed by atoms with Crippen molar-refractivity contribution in [1.29, 1.82) is 0 Å². The van der Waals surface area contributed by atoms with Crippen LogP contribution in [0.4, 0.5) is 5.69 Å². The zero-order valence-electron chi connectivity index (χ0n) is 18.0. The van der Waals surface area contributed by atoms with Crippen molar-refractivity contribution in [2.75, 3.05) is 0 Å². The van der Waals surface area contributed by atoms with E-state index in [1.807, 2.05) is 6.07 Å². The molecule has 11 heteroatoms. The fourth-order valence-corrected chi connectivity index (χ4v) is 3.56. The number of nitrogens with zero attached hydrogens (tertiary/aromatic N) is 3. The molecule has 0 aliphatic rings. The number of rotatable bonds is 7. The minimum Gasteiger partial charge on any atom is -0.382 e. The van der Waals surface area contributed by atoms with E-state index in [2.05, 4.69) is 20.5 Å². The molecule has 0 aliphatic carbocycles. The van der Waals surface area contributed by atoms with Gasteiger partial charge in [-0.25, -0.2) is 10.4 Å². The normalized spacial score (nSPS) is 12.3. The number of nitro benzene ring substituents is 1. The number of carbonyl (C=O) groups is 1. The first kappa shape index (κ1) is 23.7. The van der Waals surface area contributed by atoms with E-state index in [0.29, 0.717) is 16.1 Å². The van der Waals surface area contributed by atoms with Crippen LogP contribution in [0, 0.1) is 10.1 Å². The second-order valence-electron chi connectivity index (χ2n) is 7.53. The molecule has 35 heavy (non-hydrogen) atoms. The van der Waals surface area contributed by atoms with E-state index >= 15 is 0 Å². The molecule has 1 atom stereocenters. The Morgan fingerprint density at radius 2 is 1.91 bits per heavy atom. The standard InChI is InChI=1S/C24H18ClN5O5/c25-16-9-10-18-19(13-16)27-24(33)22(26-18)21(23(32)15-7-4-8-17(12-15)30(34)35)29-28-20(31)11-14-5-2-1-3-6-14/h1-10,12-13,23,32H,11H2,(H,27,33)(H,28,31)/b29-21+. The van der Waals surface area contributed by atoms with Crippen LogP contribution in [0.2, 0.25) is 5.02 Å². The molecule has 0 aliphatic heterocycles. The first-order valence-corrected chi connectivity index (χ1v) is 10.7. The second-order valence-corrected chi connectivity index (χ2v) is 7.96. The molecule has 0 radical (unpaired) electrons. The topological polar surface area (TPSA) is 151 Å². The first-order chi connectivity index (χ1) is 16.8. The van der Waals surface area contributed by atoms with Gasteiger partial charge in [0, 0.05) is 17.2 Å². The van der Waals surface area contributed by atoms with E-state index in [-0.39, 0.29) is 29.1 Å². The van der Waals surface area contributed by atoms with Gasteiger partial charge in [0.1, 0.15) is 11.8 Å². The zero-order chi connectivity index (χ0) is 24.9. The van der Waals surface area contributed by atoms with Crippen LogP contribution < -0.4 is 11.0 Å². The summed E-state index contributed by atoms with van der Waals surface area (Å²) in [7, 11) is 0. The third kappa shape index (κ3) is 5.57. The SMILES string of the molecule is O=C(Cc1ccccc1)N/N=C(\c1nc2ccc(Cl)cc2[nH]c1=O)C(O)c1cccc([N+](=O)[O-])c1. The molecule has 1 unspecified atom stereocenters. The van der Waals surface area contributed by atoms with E-state index < -0.39 is 22.5 Å². The molecule has 10 nitrogen and oxygen atoms in total. The number of hydrazone groups is 1. The number of aromatic amines is 1. The second kappa shape index (κ2) is 10.2. The van der Waals surface area contributed by atoms with E-state index in [1.54, 1.807) is 36.4 Å². The largest absolute Gasteiger partial charge is 0.382 e. The fraction of sp³-hybridized carbons (Fsp3) is 0.0833. The van der Waals surface area contributed by atoms with Crippen molar-refractivity contribution in [1.82, 2.24) is 15.4 Å². The molecule has 0 saturated heterocycles. The number of hydrogen-bond donors (Lipinski definition) is 3. The van der Waals surface area contributed by atoms with Crippen molar-refractivity contribution in [2.45, 2.75) is 12.5 Å². The van der Waals surface area contributed by atoms with Gasteiger partial charge < -0.3 is 10.1 Å². The molecule has 0 bridgehead atoms. The molecule has 1 aromatic heterocycles. The van der Waals surface area contributed by atoms with Crippen LogP contribution in [0.1, 0.15) is 22.9 Å². The number of non-ortho nitro benzene ring substituents is 1. The number of carbonyl (C=O) groups excluding carboxylic acids is 1. The average Bonchev–Trinajstić information content (AvgIpc) is 2.85. The zero-order valence-corrected chi connectivity index (χ0v) is 18.8. The van der Waals surface area contributed by atoms with E-state index in [9.17, 15) is 24.8 Å². The number of nitrogens with one attached hydrogen (secondary N) is 2. The summed E-state index contributed by atoms with van der Waals surface area (Å²) in [6.45, 7) is 0. The van der Waals surface area contributed by atoms with Crippen LogP contribution >= 0.6 is 11.6 Å². The molecule has 0 saturated carbocycles. The number of aliphatic hydroxyl groups is 1. The summed E-state index contributed by atoms with van der Waals surface area (Å²) in [5, 5.41) is 26.7. The number of fused-ring (bicyclic) bond motifs is 1. The maximum absolute atomic E-state index is 12.9. The van der Waals surface area contributed by atoms with Crippen molar-refractivity contribution in [3.05, 3.63) is 115 Å². The summed E-state index contributed by atoms with van der Waals surface area (Å²) in [6, 6.07) is 18.8. The fourth-order valence-electron chi connectivity index (χ4n) is 3.39. The first-order valence-electron chi connectivity index (χ1n) is 10.3. The number of amides is 1. The minimum absolute atomic E-state index is 0.00449. The minimum atomic E-state index is -1.61. The number of aromatic nitrogens is 2. The molecule has 0 fully saturated rings. The summed E-state index contributed by atoms with van der Waals surface area (Å²) in [6.07, 6.45) is -1.60. The van der Waals surface area contributed by atoms with Crippen molar-refractivity contribution < 1.29 is 14.8 Å². The lowest BCUT2D eigenvalue weighted by Crippen LogP contribution is -2.29. The highest BCUT2D eigenvalue weighted by Crippen LogP contribution is 2.23. The average molecular weight is 492 g/mol. The Morgan fingerprint density at radius 3 is 2.66 bits per heavy atom. The number of benzene rings is 3. The van der Waals surface area contributed by atoms with Gasteiger partial charge in [-0.05, 0) is 29.3 Å². The monoisotopic (exact) mass is 491 g/mol. The Hall–Kier alpha value is -4.41. The third-order valence-corrected chi connectivity index (χ3v) is 5.30. The van der Waals surface area contributed by atoms with E-state index in [0.717, 1.165) is 11.6 Å². The smallest absolute Gasteiger partial charge is 0.276 e. The van der Waals surface area contributed by atoms with Crippen molar-refractivity contribution in [2.24, 2.45) is 5.10 Å². The van der Waals surface area contributed by atoms with Crippen molar-refractivity contribution in [3.8, 4) is 0 Å².